The lowest BCUT2D eigenvalue weighted by molar-refractivity contribution is -0.149. The van der Waals surface area contributed by atoms with Gasteiger partial charge in [-0.05, 0) is 39.5 Å². The van der Waals surface area contributed by atoms with Crippen molar-refractivity contribution in [1.29, 1.82) is 0 Å². The maximum atomic E-state index is 12.0. The number of unbranched alkanes of at least 4 members (excludes halogenated alkanes) is 24. The maximum Gasteiger partial charge on any atom is 0.308 e. The number of hydrogen-bond acceptors (Lipinski definition) is 4. The van der Waals surface area contributed by atoms with Gasteiger partial charge in [-0.1, -0.05) is 188 Å². The number of esters is 2. The van der Waals surface area contributed by atoms with Crippen LogP contribution in [-0.2, 0) is 19.1 Å². The fourth-order valence-corrected chi connectivity index (χ4v) is 5.78. The van der Waals surface area contributed by atoms with Crippen LogP contribution in [0.2, 0.25) is 0 Å². The Morgan fingerprint density at radius 1 is 0.467 bits per heavy atom. The van der Waals surface area contributed by atoms with Crippen LogP contribution in [-0.4, -0.2) is 24.6 Å². The first-order chi connectivity index (χ1) is 21.9. The molecule has 0 spiro atoms. The first-order valence-electron chi connectivity index (χ1n) is 20.3. The standard InChI is InChI=1S/C24H48O2.C17H34O2/c1-4-7-9-10-11-12-13-14-15-16-17-18-19-20-22-26-24(25)23(6-3)21-8-5-2;1-4-5-6-7-8-9-10-11-12-13-14-15-17(18)19-16(2)3/h23H,4-22H2,1-3H3;16H,4-15H2,1-3H3. The Bertz CT molecular complexity index is 588. The summed E-state index contributed by atoms with van der Waals surface area (Å²) in [5.41, 5.74) is 0. The van der Waals surface area contributed by atoms with Crippen molar-refractivity contribution < 1.29 is 19.1 Å². The van der Waals surface area contributed by atoms with Crippen LogP contribution in [0.4, 0.5) is 0 Å². The number of rotatable bonds is 33. The molecule has 0 radical (unpaired) electrons. The molecule has 0 heterocycles. The molecule has 0 aromatic heterocycles. The van der Waals surface area contributed by atoms with Crippen LogP contribution in [0.1, 0.15) is 234 Å². The molecule has 1 atom stereocenters. The van der Waals surface area contributed by atoms with Gasteiger partial charge in [-0.3, -0.25) is 9.59 Å². The predicted octanol–water partition coefficient (Wildman–Crippen LogP) is 13.9. The zero-order valence-electron chi connectivity index (χ0n) is 31.7. The Balaban J connectivity index is 0. The van der Waals surface area contributed by atoms with Crippen molar-refractivity contribution in [2.24, 2.45) is 5.92 Å². The summed E-state index contributed by atoms with van der Waals surface area (Å²) in [4.78, 5) is 23.3. The normalized spacial score (nSPS) is 11.7. The molecule has 0 bridgehead atoms. The molecule has 0 saturated carbocycles. The van der Waals surface area contributed by atoms with E-state index in [9.17, 15) is 9.59 Å². The van der Waals surface area contributed by atoms with Gasteiger partial charge in [0.15, 0.2) is 0 Å². The second kappa shape index (κ2) is 39.1. The van der Waals surface area contributed by atoms with Crippen molar-refractivity contribution >= 4 is 11.9 Å². The minimum Gasteiger partial charge on any atom is -0.465 e. The van der Waals surface area contributed by atoms with E-state index in [1.54, 1.807) is 0 Å². The average Bonchev–Trinajstić information content (AvgIpc) is 3.02. The number of hydrogen-bond donors (Lipinski definition) is 0. The van der Waals surface area contributed by atoms with Crippen molar-refractivity contribution in [3.05, 3.63) is 0 Å². The second-order valence-electron chi connectivity index (χ2n) is 13.8. The third-order valence-corrected chi connectivity index (χ3v) is 8.83. The summed E-state index contributed by atoms with van der Waals surface area (Å²) in [6.07, 6.45) is 38.3. The lowest BCUT2D eigenvalue weighted by Gasteiger charge is -2.13. The van der Waals surface area contributed by atoms with Gasteiger partial charge < -0.3 is 9.47 Å². The predicted molar refractivity (Wildman–Crippen MR) is 197 cm³/mol. The summed E-state index contributed by atoms with van der Waals surface area (Å²) in [5.74, 6) is 0.128. The van der Waals surface area contributed by atoms with E-state index >= 15 is 0 Å². The van der Waals surface area contributed by atoms with E-state index in [-0.39, 0.29) is 24.0 Å². The van der Waals surface area contributed by atoms with Gasteiger partial charge in [-0.15, -0.1) is 0 Å². The fourth-order valence-electron chi connectivity index (χ4n) is 5.78. The van der Waals surface area contributed by atoms with E-state index in [1.165, 1.54) is 148 Å². The van der Waals surface area contributed by atoms with E-state index < -0.39 is 0 Å². The van der Waals surface area contributed by atoms with Gasteiger partial charge in [-0.25, -0.2) is 0 Å². The highest BCUT2D eigenvalue weighted by molar-refractivity contribution is 5.72. The minimum absolute atomic E-state index is 0.0280. The number of ether oxygens (including phenoxy) is 2. The lowest BCUT2D eigenvalue weighted by atomic mass is 10.00. The molecule has 4 heteroatoms. The Morgan fingerprint density at radius 2 is 0.822 bits per heavy atom. The Hall–Kier alpha value is -1.06. The average molecular weight is 639 g/mol. The highest BCUT2D eigenvalue weighted by atomic mass is 16.5. The molecule has 4 nitrogen and oxygen atoms in total. The van der Waals surface area contributed by atoms with Gasteiger partial charge >= 0.3 is 11.9 Å². The first kappa shape index (κ1) is 46.1. The van der Waals surface area contributed by atoms with Crippen molar-refractivity contribution in [2.75, 3.05) is 6.61 Å². The number of carbonyl (C=O) groups is 2. The maximum absolute atomic E-state index is 12.0. The molecule has 270 valence electrons. The van der Waals surface area contributed by atoms with E-state index in [1.807, 2.05) is 13.8 Å². The molecule has 0 N–H and O–H groups in total. The van der Waals surface area contributed by atoms with E-state index in [0.717, 1.165) is 38.5 Å². The van der Waals surface area contributed by atoms with Crippen molar-refractivity contribution in [3.63, 3.8) is 0 Å². The van der Waals surface area contributed by atoms with Crippen LogP contribution in [0.25, 0.3) is 0 Å². The first-order valence-corrected chi connectivity index (χ1v) is 20.3. The summed E-state index contributed by atoms with van der Waals surface area (Å²) >= 11 is 0. The molecule has 0 aromatic rings. The molecule has 0 aromatic carbocycles. The molecule has 0 fully saturated rings. The van der Waals surface area contributed by atoms with Gasteiger partial charge in [0.2, 0.25) is 0 Å². The minimum atomic E-state index is -0.0362. The molecular weight excluding hydrogens is 556 g/mol. The molecule has 45 heavy (non-hydrogen) atoms. The smallest absolute Gasteiger partial charge is 0.308 e. The zero-order chi connectivity index (χ0) is 33.6. The SMILES string of the molecule is CCCCCCCCCCCCCC(=O)OC(C)C.CCCCCCCCCCCCCCCCOC(=O)C(CC)CCCC. The highest BCUT2D eigenvalue weighted by Gasteiger charge is 2.16. The molecule has 0 rings (SSSR count). The summed E-state index contributed by atoms with van der Waals surface area (Å²) in [6, 6.07) is 0. The molecule has 0 aliphatic carbocycles. The van der Waals surface area contributed by atoms with Crippen molar-refractivity contribution in [2.45, 2.75) is 240 Å². The largest absolute Gasteiger partial charge is 0.465 e. The lowest BCUT2D eigenvalue weighted by Crippen LogP contribution is -2.17. The fraction of sp³-hybridized carbons (Fsp3) is 0.951. The van der Waals surface area contributed by atoms with Crippen LogP contribution < -0.4 is 0 Å². The molecule has 0 amide bonds. The van der Waals surface area contributed by atoms with E-state index in [2.05, 4.69) is 27.7 Å². The van der Waals surface area contributed by atoms with Crippen LogP contribution in [0, 0.1) is 5.92 Å². The van der Waals surface area contributed by atoms with Crippen molar-refractivity contribution in [1.82, 2.24) is 0 Å². The molecule has 0 saturated heterocycles. The Labute approximate surface area is 283 Å². The molecule has 1 unspecified atom stereocenters. The van der Waals surface area contributed by atoms with Gasteiger partial charge in [0, 0.05) is 6.42 Å². The molecule has 0 aliphatic heterocycles. The van der Waals surface area contributed by atoms with E-state index in [0.29, 0.717) is 13.0 Å². The Morgan fingerprint density at radius 3 is 1.18 bits per heavy atom. The zero-order valence-corrected chi connectivity index (χ0v) is 31.7. The summed E-state index contributed by atoms with van der Waals surface area (Å²) in [6.45, 7) is 13.2. The van der Waals surface area contributed by atoms with Gasteiger partial charge in [0.25, 0.3) is 0 Å². The van der Waals surface area contributed by atoms with Gasteiger partial charge in [0.05, 0.1) is 18.6 Å². The summed E-state index contributed by atoms with van der Waals surface area (Å²) < 4.78 is 10.6. The van der Waals surface area contributed by atoms with Gasteiger partial charge in [-0.2, -0.15) is 0 Å². The quantitative estimate of drug-likeness (QED) is 0.0530. The third kappa shape index (κ3) is 39.0. The van der Waals surface area contributed by atoms with Crippen LogP contribution >= 0.6 is 0 Å². The van der Waals surface area contributed by atoms with Crippen molar-refractivity contribution in [3.8, 4) is 0 Å². The summed E-state index contributed by atoms with van der Waals surface area (Å²) in [7, 11) is 0. The highest BCUT2D eigenvalue weighted by Crippen LogP contribution is 2.16. The molecular formula is C41H82O4. The van der Waals surface area contributed by atoms with Crippen LogP contribution in [0.3, 0.4) is 0 Å². The summed E-state index contributed by atoms with van der Waals surface area (Å²) in [5, 5.41) is 0. The topological polar surface area (TPSA) is 52.6 Å². The monoisotopic (exact) mass is 639 g/mol. The third-order valence-electron chi connectivity index (χ3n) is 8.83. The van der Waals surface area contributed by atoms with E-state index in [4.69, 9.17) is 9.47 Å². The van der Waals surface area contributed by atoms with Crippen LogP contribution in [0.5, 0.6) is 0 Å². The Kier molecular flexibility index (Phi) is 40.0. The van der Waals surface area contributed by atoms with Crippen LogP contribution in [0.15, 0.2) is 0 Å². The number of carbonyl (C=O) groups excluding carboxylic acids is 2. The molecule has 0 aliphatic rings. The van der Waals surface area contributed by atoms with Gasteiger partial charge in [0.1, 0.15) is 0 Å². The second-order valence-corrected chi connectivity index (χ2v) is 13.8.